The van der Waals surface area contributed by atoms with Crippen molar-refractivity contribution in [2.45, 2.75) is 24.9 Å². The normalized spacial score (nSPS) is 21.5. The smallest absolute Gasteiger partial charge is 0.318 e. The van der Waals surface area contributed by atoms with E-state index in [1.165, 1.54) is 13.3 Å². The molecular weight excluding hydrogens is 320 g/mol. The van der Waals surface area contributed by atoms with Crippen LogP contribution >= 0.6 is 11.6 Å². The number of aromatic nitrogens is 5. The second kappa shape index (κ2) is 6.29. The van der Waals surface area contributed by atoms with Crippen LogP contribution in [-0.2, 0) is 13.5 Å². The van der Waals surface area contributed by atoms with Gasteiger partial charge < -0.3 is 19.3 Å². The highest BCUT2D eigenvalue weighted by atomic mass is 35.5. The summed E-state index contributed by atoms with van der Waals surface area (Å²) in [6, 6.07) is 0.256. The number of anilines is 1. The number of piperidine rings is 1. The molecule has 1 aliphatic rings. The number of aryl methyl sites for hydroxylation is 1. The summed E-state index contributed by atoms with van der Waals surface area (Å²) in [5.74, 6) is 1.33. The van der Waals surface area contributed by atoms with E-state index in [-0.39, 0.29) is 6.01 Å². The molecule has 8 nitrogen and oxygen atoms in total. The molecule has 124 valence electrons. The predicted molar refractivity (Wildman–Crippen MR) is 84.7 cm³/mol. The summed E-state index contributed by atoms with van der Waals surface area (Å²) in [4.78, 5) is 10.3. The van der Waals surface area contributed by atoms with Gasteiger partial charge >= 0.3 is 6.01 Å². The fraction of sp³-hybridized carbons (Fsp3) is 0.571. The zero-order chi connectivity index (χ0) is 16.4. The monoisotopic (exact) mass is 338 g/mol. The van der Waals surface area contributed by atoms with Gasteiger partial charge in [0.1, 0.15) is 17.2 Å². The van der Waals surface area contributed by atoms with Crippen molar-refractivity contribution in [2.24, 2.45) is 7.05 Å². The summed E-state index contributed by atoms with van der Waals surface area (Å²) >= 11 is 6.22. The van der Waals surface area contributed by atoms with Gasteiger partial charge in [0.2, 0.25) is 0 Å². The van der Waals surface area contributed by atoms with Gasteiger partial charge in [-0.2, -0.15) is 4.98 Å². The van der Waals surface area contributed by atoms with Gasteiger partial charge in [-0.05, 0) is 12.8 Å². The highest BCUT2D eigenvalue weighted by Gasteiger charge is 2.36. The fourth-order valence-corrected chi connectivity index (χ4v) is 3.07. The van der Waals surface area contributed by atoms with Crippen LogP contribution in [0.1, 0.15) is 18.7 Å². The molecule has 1 N–H and O–H groups in total. The summed E-state index contributed by atoms with van der Waals surface area (Å²) in [6.45, 7) is 1.18. The van der Waals surface area contributed by atoms with Crippen molar-refractivity contribution < 1.29 is 9.84 Å². The van der Waals surface area contributed by atoms with E-state index >= 15 is 0 Å². The maximum Gasteiger partial charge on any atom is 0.318 e. The highest BCUT2D eigenvalue weighted by molar-refractivity contribution is 6.32. The molecular formula is C14H19ClN6O2. The van der Waals surface area contributed by atoms with Crippen LogP contribution in [0.15, 0.2) is 12.5 Å². The highest BCUT2D eigenvalue weighted by Crippen LogP contribution is 2.31. The van der Waals surface area contributed by atoms with Crippen molar-refractivity contribution >= 4 is 17.4 Å². The number of ether oxygens (including phenoxy) is 1. The molecule has 0 saturated carbocycles. The minimum Gasteiger partial charge on any atom is -0.467 e. The van der Waals surface area contributed by atoms with E-state index in [1.807, 2.05) is 16.5 Å². The molecule has 1 fully saturated rings. The number of β-amino-alcohol motifs (C(OH)–C–C–N with tert-alkyl or cyclic N) is 1. The minimum absolute atomic E-state index is 0.256. The largest absolute Gasteiger partial charge is 0.467 e. The zero-order valence-electron chi connectivity index (χ0n) is 13.1. The lowest BCUT2D eigenvalue weighted by atomic mass is 9.89. The third kappa shape index (κ3) is 3.37. The first kappa shape index (κ1) is 15.9. The molecule has 9 heteroatoms. The molecule has 3 heterocycles. The zero-order valence-corrected chi connectivity index (χ0v) is 13.9. The summed E-state index contributed by atoms with van der Waals surface area (Å²) in [5.41, 5.74) is -0.902. The number of hydrogen-bond donors (Lipinski definition) is 1. The Morgan fingerprint density at radius 3 is 3.00 bits per heavy atom. The van der Waals surface area contributed by atoms with Crippen molar-refractivity contribution in [2.75, 3.05) is 25.1 Å². The number of hydrogen-bond acceptors (Lipinski definition) is 7. The molecule has 0 aliphatic carbocycles. The molecule has 0 radical (unpaired) electrons. The molecule has 0 amide bonds. The Labute approximate surface area is 139 Å². The molecule has 3 rings (SSSR count). The summed E-state index contributed by atoms with van der Waals surface area (Å²) in [7, 11) is 3.37. The number of nitrogens with zero attached hydrogens (tertiary/aromatic N) is 6. The van der Waals surface area contributed by atoms with E-state index in [1.54, 1.807) is 6.33 Å². The molecule has 0 bridgehead atoms. The molecule has 1 aliphatic heterocycles. The third-order valence-corrected chi connectivity index (χ3v) is 4.30. The van der Waals surface area contributed by atoms with Crippen molar-refractivity contribution in [3.63, 3.8) is 0 Å². The van der Waals surface area contributed by atoms with E-state index in [4.69, 9.17) is 16.3 Å². The molecule has 2 aromatic heterocycles. The lowest BCUT2D eigenvalue weighted by Crippen LogP contribution is -2.50. The van der Waals surface area contributed by atoms with Gasteiger partial charge in [0, 0.05) is 26.6 Å². The van der Waals surface area contributed by atoms with Crippen LogP contribution in [0.25, 0.3) is 0 Å². The van der Waals surface area contributed by atoms with Gasteiger partial charge in [0.05, 0.1) is 18.9 Å². The van der Waals surface area contributed by atoms with Crippen molar-refractivity contribution in [3.8, 4) is 6.01 Å². The van der Waals surface area contributed by atoms with Crippen molar-refractivity contribution in [3.05, 3.63) is 23.4 Å². The van der Waals surface area contributed by atoms with Crippen molar-refractivity contribution in [1.29, 1.82) is 0 Å². The van der Waals surface area contributed by atoms with Gasteiger partial charge in [-0.15, -0.1) is 10.2 Å². The first-order valence-electron chi connectivity index (χ1n) is 7.37. The Bertz CT molecular complexity index is 694. The Morgan fingerprint density at radius 1 is 1.48 bits per heavy atom. The fourth-order valence-electron chi connectivity index (χ4n) is 2.86. The Kier molecular flexibility index (Phi) is 4.36. The Hall–Kier alpha value is -1.93. The van der Waals surface area contributed by atoms with E-state index < -0.39 is 5.60 Å². The van der Waals surface area contributed by atoms with Gasteiger partial charge in [-0.3, -0.25) is 0 Å². The number of methoxy groups -OCH3 is 1. The minimum atomic E-state index is -0.902. The van der Waals surface area contributed by atoms with E-state index in [0.717, 1.165) is 18.8 Å². The van der Waals surface area contributed by atoms with Crippen LogP contribution in [-0.4, -0.2) is 55.6 Å². The average Bonchev–Trinajstić information content (AvgIpc) is 2.92. The predicted octanol–water partition coefficient (Wildman–Crippen LogP) is 0.841. The first-order valence-corrected chi connectivity index (χ1v) is 7.75. The molecule has 0 spiro atoms. The topological polar surface area (TPSA) is 89.2 Å². The van der Waals surface area contributed by atoms with Crippen LogP contribution in [0.5, 0.6) is 6.01 Å². The summed E-state index contributed by atoms with van der Waals surface area (Å²) in [5, 5.41) is 19.3. The summed E-state index contributed by atoms with van der Waals surface area (Å²) in [6.07, 6.45) is 5.09. The van der Waals surface area contributed by atoms with Gasteiger partial charge in [-0.1, -0.05) is 11.6 Å². The average molecular weight is 339 g/mol. The van der Waals surface area contributed by atoms with Crippen LogP contribution < -0.4 is 9.64 Å². The van der Waals surface area contributed by atoms with Crippen molar-refractivity contribution in [1.82, 2.24) is 24.7 Å². The maximum atomic E-state index is 11.0. The second-order valence-electron chi connectivity index (χ2n) is 5.81. The first-order chi connectivity index (χ1) is 11.0. The molecule has 0 aromatic carbocycles. The van der Waals surface area contributed by atoms with E-state index in [9.17, 15) is 5.11 Å². The third-order valence-electron chi connectivity index (χ3n) is 4.03. The van der Waals surface area contributed by atoms with Crippen LogP contribution in [0.3, 0.4) is 0 Å². The summed E-state index contributed by atoms with van der Waals surface area (Å²) < 4.78 is 6.88. The SMILES string of the molecule is COc1ncc(Cl)c(N2CCCC(O)(Cc3nncn3C)C2)n1. The van der Waals surface area contributed by atoms with Crippen LogP contribution in [0, 0.1) is 0 Å². The van der Waals surface area contributed by atoms with E-state index in [2.05, 4.69) is 20.2 Å². The van der Waals surface area contributed by atoms with Gasteiger partial charge in [0.25, 0.3) is 0 Å². The lowest BCUT2D eigenvalue weighted by Gasteiger charge is -2.39. The van der Waals surface area contributed by atoms with Crippen LogP contribution in [0.4, 0.5) is 5.82 Å². The molecule has 1 atom stereocenters. The number of aliphatic hydroxyl groups is 1. The quantitative estimate of drug-likeness (QED) is 0.883. The van der Waals surface area contributed by atoms with E-state index in [0.29, 0.717) is 30.2 Å². The Balaban J connectivity index is 1.81. The van der Waals surface area contributed by atoms with Crippen LogP contribution in [0.2, 0.25) is 5.02 Å². The Morgan fingerprint density at radius 2 is 2.30 bits per heavy atom. The number of halogens is 1. The van der Waals surface area contributed by atoms with Gasteiger partial charge in [0.15, 0.2) is 5.82 Å². The second-order valence-corrected chi connectivity index (χ2v) is 6.22. The molecule has 23 heavy (non-hydrogen) atoms. The van der Waals surface area contributed by atoms with Gasteiger partial charge in [-0.25, -0.2) is 4.98 Å². The number of rotatable bonds is 4. The molecule has 1 saturated heterocycles. The lowest BCUT2D eigenvalue weighted by molar-refractivity contribution is 0.0236. The standard InChI is InChI=1S/C14H19ClN6O2/c1-20-9-17-19-11(20)6-14(22)4-3-5-21(8-14)12-10(15)7-16-13(18-12)23-2/h7,9,22H,3-6,8H2,1-2H3. The molecule has 2 aromatic rings. The molecule has 1 unspecified atom stereocenters. The maximum absolute atomic E-state index is 11.0.